The first-order valence-electron chi connectivity index (χ1n) is 11.2. The number of rotatable bonds is 11. The Morgan fingerprint density at radius 3 is 2.57 bits per heavy atom. The van der Waals surface area contributed by atoms with Crippen molar-refractivity contribution < 1.29 is 32.2 Å². The number of benzene rings is 2. The van der Waals surface area contributed by atoms with Crippen LogP contribution in [-0.2, 0) is 26.2 Å². The number of hydrogen-bond acceptors (Lipinski definition) is 7. The number of amides is 2. The normalized spacial score (nSPS) is 13.1. The van der Waals surface area contributed by atoms with E-state index in [1.807, 2.05) is 13.0 Å². The molecule has 0 fully saturated rings. The monoisotopic (exact) mass is 505 g/mol. The second-order valence-corrected chi connectivity index (χ2v) is 10.1. The van der Waals surface area contributed by atoms with Gasteiger partial charge >= 0.3 is 0 Å². The molecule has 2 aromatic rings. The van der Waals surface area contributed by atoms with Crippen LogP contribution in [0.4, 0.5) is 5.69 Å². The summed E-state index contributed by atoms with van der Waals surface area (Å²) in [6.45, 7) is 3.66. The van der Waals surface area contributed by atoms with Crippen LogP contribution in [0.5, 0.6) is 17.2 Å². The van der Waals surface area contributed by atoms with E-state index in [9.17, 15) is 18.0 Å². The van der Waals surface area contributed by atoms with E-state index in [4.69, 9.17) is 14.2 Å². The van der Waals surface area contributed by atoms with Gasteiger partial charge in [0.05, 0.1) is 19.1 Å². The molecule has 0 aromatic heterocycles. The maximum atomic E-state index is 13.5. The smallest absolute Gasteiger partial charge is 0.244 e. The van der Waals surface area contributed by atoms with Crippen molar-refractivity contribution in [1.29, 1.82) is 0 Å². The van der Waals surface area contributed by atoms with E-state index in [0.29, 0.717) is 23.8 Å². The number of sulfonamides is 1. The standard InChI is InChI=1S/C24H31N3O7S/c1-5-11-25-24(29)17(2)26(14-18-7-6-8-20(12-18)32-3)23(28)15-27(35(4,30)31)19-9-10-21-22(13-19)34-16-33-21/h6-10,12-13,17H,5,11,14-16H2,1-4H3,(H,25,29)/t17-/m0/s1. The highest BCUT2D eigenvalue weighted by atomic mass is 32.2. The average Bonchev–Trinajstić information content (AvgIpc) is 3.31. The minimum atomic E-state index is -3.84. The summed E-state index contributed by atoms with van der Waals surface area (Å²) in [5.41, 5.74) is 0.997. The highest BCUT2D eigenvalue weighted by Gasteiger charge is 2.30. The molecule has 1 aliphatic heterocycles. The van der Waals surface area contributed by atoms with Crippen molar-refractivity contribution in [2.45, 2.75) is 32.9 Å². The molecular weight excluding hydrogens is 474 g/mol. The first-order valence-corrected chi connectivity index (χ1v) is 13.1. The van der Waals surface area contributed by atoms with Gasteiger partial charge in [0.2, 0.25) is 28.6 Å². The van der Waals surface area contributed by atoms with Gasteiger partial charge in [-0.25, -0.2) is 8.42 Å². The number of nitrogens with zero attached hydrogens (tertiary/aromatic N) is 2. The quantitative estimate of drug-likeness (QED) is 0.498. The van der Waals surface area contributed by atoms with Crippen LogP contribution in [-0.4, -0.2) is 64.4 Å². The lowest BCUT2D eigenvalue weighted by atomic mass is 10.1. The Labute approximate surface area is 205 Å². The van der Waals surface area contributed by atoms with E-state index in [1.165, 1.54) is 18.1 Å². The number of anilines is 1. The van der Waals surface area contributed by atoms with Gasteiger partial charge in [-0.05, 0) is 43.2 Å². The molecule has 0 unspecified atom stereocenters. The number of carbonyl (C=O) groups is 2. The Balaban J connectivity index is 1.91. The molecule has 0 saturated heterocycles. The average molecular weight is 506 g/mol. The summed E-state index contributed by atoms with van der Waals surface area (Å²) < 4.78 is 42.2. The van der Waals surface area contributed by atoms with Crippen LogP contribution >= 0.6 is 0 Å². The van der Waals surface area contributed by atoms with Crippen molar-refractivity contribution in [2.75, 3.05) is 37.6 Å². The van der Waals surface area contributed by atoms with Crippen molar-refractivity contribution in [1.82, 2.24) is 10.2 Å². The summed E-state index contributed by atoms with van der Waals surface area (Å²) in [6, 6.07) is 11.0. The number of hydrogen-bond donors (Lipinski definition) is 1. The Morgan fingerprint density at radius 2 is 1.89 bits per heavy atom. The summed E-state index contributed by atoms with van der Waals surface area (Å²) in [5, 5.41) is 2.80. The molecule has 1 N–H and O–H groups in total. The topological polar surface area (TPSA) is 114 Å². The minimum absolute atomic E-state index is 0.0370. The van der Waals surface area contributed by atoms with Crippen LogP contribution in [0.1, 0.15) is 25.8 Å². The first kappa shape index (κ1) is 26.1. The predicted octanol–water partition coefficient (Wildman–Crippen LogP) is 2.13. The van der Waals surface area contributed by atoms with Gasteiger partial charge in [-0.3, -0.25) is 13.9 Å². The molecule has 1 heterocycles. The Morgan fingerprint density at radius 1 is 1.14 bits per heavy atom. The summed E-state index contributed by atoms with van der Waals surface area (Å²) in [5.74, 6) is 0.641. The lowest BCUT2D eigenvalue weighted by Gasteiger charge is -2.31. The second-order valence-electron chi connectivity index (χ2n) is 8.15. The summed E-state index contributed by atoms with van der Waals surface area (Å²) in [7, 11) is -2.30. The molecule has 35 heavy (non-hydrogen) atoms. The van der Waals surface area contributed by atoms with Crippen molar-refractivity contribution in [3.63, 3.8) is 0 Å². The van der Waals surface area contributed by atoms with Crippen LogP contribution in [0.2, 0.25) is 0 Å². The van der Waals surface area contributed by atoms with Gasteiger partial charge in [-0.1, -0.05) is 19.1 Å². The van der Waals surface area contributed by atoms with Gasteiger partial charge < -0.3 is 24.4 Å². The van der Waals surface area contributed by atoms with E-state index in [-0.39, 0.29) is 24.9 Å². The van der Waals surface area contributed by atoms with Gasteiger partial charge in [0.1, 0.15) is 18.3 Å². The third kappa shape index (κ3) is 6.56. The van der Waals surface area contributed by atoms with E-state index in [1.54, 1.807) is 37.3 Å². The summed E-state index contributed by atoms with van der Waals surface area (Å²) >= 11 is 0. The largest absolute Gasteiger partial charge is 0.497 e. The number of carbonyl (C=O) groups excluding carboxylic acids is 2. The minimum Gasteiger partial charge on any atom is -0.497 e. The molecule has 190 valence electrons. The molecule has 0 radical (unpaired) electrons. The lowest BCUT2D eigenvalue weighted by molar-refractivity contribution is -0.139. The molecular formula is C24H31N3O7S. The third-order valence-corrected chi connectivity index (χ3v) is 6.67. The zero-order valence-electron chi connectivity index (χ0n) is 20.3. The zero-order chi connectivity index (χ0) is 25.6. The zero-order valence-corrected chi connectivity index (χ0v) is 21.1. The molecule has 1 aliphatic rings. The molecule has 3 rings (SSSR count). The maximum Gasteiger partial charge on any atom is 0.244 e. The van der Waals surface area contributed by atoms with Crippen LogP contribution in [0.3, 0.4) is 0 Å². The van der Waals surface area contributed by atoms with Crippen LogP contribution in [0.15, 0.2) is 42.5 Å². The molecule has 2 amide bonds. The predicted molar refractivity (Wildman–Crippen MR) is 131 cm³/mol. The van der Waals surface area contributed by atoms with Crippen LogP contribution in [0, 0.1) is 0 Å². The van der Waals surface area contributed by atoms with Crippen LogP contribution in [0.25, 0.3) is 0 Å². The van der Waals surface area contributed by atoms with E-state index < -0.39 is 28.5 Å². The molecule has 1 atom stereocenters. The molecule has 10 nitrogen and oxygen atoms in total. The van der Waals surface area contributed by atoms with Gasteiger partial charge in [-0.2, -0.15) is 0 Å². The van der Waals surface area contributed by atoms with Gasteiger partial charge in [0, 0.05) is 19.2 Å². The Bertz CT molecular complexity index is 1170. The highest BCUT2D eigenvalue weighted by Crippen LogP contribution is 2.36. The molecule has 0 aliphatic carbocycles. The molecule has 0 bridgehead atoms. The fraction of sp³-hybridized carbons (Fsp3) is 0.417. The number of fused-ring (bicyclic) bond motifs is 1. The second kappa shape index (κ2) is 11.3. The van der Waals surface area contributed by atoms with Crippen molar-refractivity contribution in [3.05, 3.63) is 48.0 Å². The number of methoxy groups -OCH3 is 1. The van der Waals surface area contributed by atoms with Gasteiger partial charge in [0.15, 0.2) is 11.5 Å². The van der Waals surface area contributed by atoms with Gasteiger partial charge in [-0.15, -0.1) is 0 Å². The molecule has 0 saturated carbocycles. The van der Waals surface area contributed by atoms with E-state index in [2.05, 4.69) is 5.32 Å². The van der Waals surface area contributed by atoms with Crippen LogP contribution < -0.4 is 23.8 Å². The van der Waals surface area contributed by atoms with Crippen molar-refractivity contribution in [2.24, 2.45) is 0 Å². The fourth-order valence-electron chi connectivity index (χ4n) is 3.60. The fourth-order valence-corrected chi connectivity index (χ4v) is 4.44. The van der Waals surface area contributed by atoms with Gasteiger partial charge in [0.25, 0.3) is 0 Å². The SMILES string of the molecule is CCCNC(=O)[C@H](C)N(Cc1cccc(OC)c1)C(=O)CN(c1ccc2c(c1)OCO2)S(C)(=O)=O. The lowest BCUT2D eigenvalue weighted by Crippen LogP contribution is -2.51. The van der Waals surface area contributed by atoms with E-state index >= 15 is 0 Å². The Kier molecular flexibility index (Phi) is 8.44. The highest BCUT2D eigenvalue weighted by molar-refractivity contribution is 7.92. The molecule has 11 heteroatoms. The van der Waals surface area contributed by atoms with Crippen molar-refractivity contribution >= 4 is 27.5 Å². The van der Waals surface area contributed by atoms with E-state index in [0.717, 1.165) is 22.5 Å². The number of nitrogens with one attached hydrogen (secondary N) is 1. The first-order chi connectivity index (χ1) is 16.6. The summed E-state index contributed by atoms with van der Waals surface area (Å²) in [4.78, 5) is 27.7. The molecule has 2 aromatic carbocycles. The number of ether oxygens (including phenoxy) is 3. The van der Waals surface area contributed by atoms with Crippen molar-refractivity contribution in [3.8, 4) is 17.2 Å². The summed E-state index contributed by atoms with van der Waals surface area (Å²) in [6.07, 6.45) is 1.77. The third-order valence-electron chi connectivity index (χ3n) is 5.53. The Hall–Kier alpha value is -3.47. The maximum absolute atomic E-state index is 13.5. The molecule has 0 spiro atoms.